The molecular formula is C8H12O4. The number of hydrogen-bond acceptors (Lipinski definition) is 2. The van der Waals surface area contributed by atoms with Crippen LogP contribution in [0.25, 0.3) is 0 Å². The van der Waals surface area contributed by atoms with Gasteiger partial charge in [0.25, 0.3) is 0 Å². The zero-order valence-corrected chi connectivity index (χ0v) is 7.07. The van der Waals surface area contributed by atoms with Crippen LogP contribution in [0, 0.1) is 5.41 Å². The summed E-state index contributed by atoms with van der Waals surface area (Å²) in [7, 11) is 0. The molecule has 0 amide bonds. The number of carboxylic acid groups (broad SMARTS) is 2. The van der Waals surface area contributed by atoms with Gasteiger partial charge in [0.15, 0.2) is 0 Å². The zero-order valence-electron chi connectivity index (χ0n) is 7.07. The normalized spacial score (nSPS) is 15.8. The molecule has 1 atom stereocenters. The van der Waals surface area contributed by atoms with Crippen LogP contribution < -0.4 is 0 Å². The van der Waals surface area contributed by atoms with Gasteiger partial charge in [-0.05, 0) is 13.8 Å². The first kappa shape index (κ1) is 10.7. The highest BCUT2D eigenvalue weighted by atomic mass is 16.4. The largest absolute Gasteiger partial charge is 0.481 e. The van der Waals surface area contributed by atoms with E-state index in [1.807, 2.05) is 0 Å². The van der Waals surface area contributed by atoms with Crippen molar-refractivity contribution in [3.63, 3.8) is 0 Å². The molecule has 0 heterocycles. The summed E-state index contributed by atoms with van der Waals surface area (Å²) in [5.41, 5.74) is -1.29. The van der Waals surface area contributed by atoms with Gasteiger partial charge in [-0.2, -0.15) is 0 Å². The van der Waals surface area contributed by atoms with Gasteiger partial charge in [0.05, 0.1) is 11.8 Å². The lowest BCUT2D eigenvalue weighted by atomic mass is 9.86. The van der Waals surface area contributed by atoms with Crippen LogP contribution in [0.15, 0.2) is 12.2 Å². The Morgan fingerprint density at radius 1 is 1.42 bits per heavy atom. The highest BCUT2D eigenvalue weighted by Gasteiger charge is 2.32. The fraction of sp³-hybridized carbons (Fsp3) is 0.500. The van der Waals surface area contributed by atoms with Crippen LogP contribution in [-0.2, 0) is 9.59 Å². The quantitative estimate of drug-likeness (QED) is 0.623. The molecule has 0 saturated heterocycles. The van der Waals surface area contributed by atoms with E-state index in [0.717, 1.165) is 0 Å². The fourth-order valence-electron chi connectivity index (χ4n) is 0.888. The summed E-state index contributed by atoms with van der Waals surface area (Å²) in [5, 5.41) is 17.1. The SMILES string of the molecule is CC=CC(C)(CC(=O)O)C(=O)O. The molecule has 12 heavy (non-hydrogen) atoms. The standard InChI is InChI=1S/C8H12O4/c1-3-4-8(2,7(11)12)5-6(9)10/h3-4H,5H2,1-2H3,(H,9,10)(H,11,12). The van der Waals surface area contributed by atoms with Gasteiger partial charge in [0.1, 0.15) is 0 Å². The molecule has 68 valence electrons. The van der Waals surface area contributed by atoms with Crippen LogP contribution >= 0.6 is 0 Å². The third kappa shape index (κ3) is 2.74. The first-order valence-corrected chi connectivity index (χ1v) is 3.51. The zero-order chi connectivity index (χ0) is 9.78. The summed E-state index contributed by atoms with van der Waals surface area (Å²) in [6, 6.07) is 0. The topological polar surface area (TPSA) is 74.6 Å². The highest BCUT2D eigenvalue weighted by molar-refractivity contribution is 5.82. The Labute approximate surface area is 70.5 Å². The van der Waals surface area contributed by atoms with Crippen LogP contribution in [0.2, 0.25) is 0 Å². The smallest absolute Gasteiger partial charge is 0.313 e. The number of allylic oxidation sites excluding steroid dienone is 1. The van der Waals surface area contributed by atoms with Crippen molar-refractivity contribution in [3.05, 3.63) is 12.2 Å². The van der Waals surface area contributed by atoms with Crippen molar-refractivity contribution in [1.29, 1.82) is 0 Å². The van der Waals surface area contributed by atoms with E-state index in [2.05, 4.69) is 0 Å². The van der Waals surface area contributed by atoms with Crippen LogP contribution in [0.4, 0.5) is 0 Å². The Morgan fingerprint density at radius 2 is 1.92 bits per heavy atom. The summed E-state index contributed by atoms with van der Waals surface area (Å²) in [6.45, 7) is 3.03. The average molecular weight is 172 g/mol. The van der Waals surface area contributed by atoms with E-state index in [1.165, 1.54) is 19.1 Å². The van der Waals surface area contributed by atoms with E-state index in [1.54, 1.807) is 6.92 Å². The summed E-state index contributed by atoms with van der Waals surface area (Å²) in [6.07, 6.45) is 2.52. The van der Waals surface area contributed by atoms with Crippen LogP contribution in [-0.4, -0.2) is 22.2 Å². The van der Waals surface area contributed by atoms with Crippen molar-refractivity contribution >= 4 is 11.9 Å². The Morgan fingerprint density at radius 3 is 2.17 bits per heavy atom. The molecule has 0 spiro atoms. The minimum atomic E-state index is -1.29. The van der Waals surface area contributed by atoms with Crippen molar-refractivity contribution in [3.8, 4) is 0 Å². The van der Waals surface area contributed by atoms with Gasteiger partial charge < -0.3 is 10.2 Å². The predicted octanol–water partition coefficient (Wildman–Crippen LogP) is 1.13. The van der Waals surface area contributed by atoms with E-state index < -0.39 is 23.8 Å². The molecule has 0 aromatic heterocycles. The molecule has 0 saturated carbocycles. The minimum Gasteiger partial charge on any atom is -0.481 e. The molecule has 0 aliphatic carbocycles. The first-order valence-electron chi connectivity index (χ1n) is 3.51. The maximum atomic E-state index is 10.6. The average Bonchev–Trinajstić information content (AvgIpc) is 1.85. The highest BCUT2D eigenvalue weighted by Crippen LogP contribution is 2.23. The Kier molecular flexibility index (Phi) is 3.47. The van der Waals surface area contributed by atoms with Crippen molar-refractivity contribution in [2.24, 2.45) is 5.41 Å². The lowest BCUT2D eigenvalue weighted by Gasteiger charge is -2.17. The summed E-state index contributed by atoms with van der Waals surface area (Å²) < 4.78 is 0. The van der Waals surface area contributed by atoms with Crippen molar-refractivity contribution in [2.75, 3.05) is 0 Å². The van der Waals surface area contributed by atoms with Crippen molar-refractivity contribution < 1.29 is 19.8 Å². The third-order valence-electron chi connectivity index (χ3n) is 1.54. The van der Waals surface area contributed by atoms with Gasteiger partial charge in [-0.15, -0.1) is 0 Å². The number of aliphatic carboxylic acids is 2. The number of rotatable bonds is 4. The monoisotopic (exact) mass is 172 g/mol. The molecule has 1 unspecified atom stereocenters. The molecule has 0 aromatic carbocycles. The van der Waals surface area contributed by atoms with Gasteiger partial charge in [-0.25, -0.2) is 0 Å². The molecule has 4 heteroatoms. The van der Waals surface area contributed by atoms with E-state index in [0.29, 0.717) is 0 Å². The Balaban J connectivity index is 4.62. The van der Waals surface area contributed by atoms with Crippen LogP contribution in [0.3, 0.4) is 0 Å². The van der Waals surface area contributed by atoms with E-state index in [9.17, 15) is 9.59 Å². The number of hydrogen-bond donors (Lipinski definition) is 2. The molecule has 0 aromatic rings. The van der Waals surface area contributed by atoms with Gasteiger partial charge in [-0.3, -0.25) is 9.59 Å². The predicted molar refractivity (Wildman–Crippen MR) is 42.8 cm³/mol. The Hall–Kier alpha value is -1.32. The molecule has 2 N–H and O–H groups in total. The van der Waals surface area contributed by atoms with Gasteiger partial charge in [-0.1, -0.05) is 12.2 Å². The minimum absolute atomic E-state index is 0.396. The lowest BCUT2D eigenvalue weighted by molar-refractivity contribution is -0.151. The fourth-order valence-corrected chi connectivity index (χ4v) is 0.888. The molecule has 0 radical (unpaired) electrons. The van der Waals surface area contributed by atoms with E-state index in [-0.39, 0.29) is 0 Å². The van der Waals surface area contributed by atoms with Gasteiger partial charge in [0, 0.05) is 0 Å². The lowest BCUT2D eigenvalue weighted by Crippen LogP contribution is -2.28. The van der Waals surface area contributed by atoms with Crippen molar-refractivity contribution in [1.82, 2.24) is 0 Å². The van der Waals surface area contributed by atoms with Crippen LogP contribution in [0.5, 0.6) is 0 Å². The molecular weight excluding hydrogens is 160 g/mol. The maximum Gasteiger partial charge on any atom is 0.313 e. The summed E-state index contributed by atoms with van der Waals surface area (Å²) >= 11 is 0. The molecule has 0 aliphatic heterocycles. The van der Waals surface area contributed by atoms with E-state index >= 15 is 0 Å². The molecule has 0 bridgehead atoms. The van der Waals surface area contributed by atoms with E-state index in [4.69, 9.17) is 10.2 Å². The van der Waals surface area contributed by atoms with Crippen LogP contribution in [0.1, 0.15) is 20.3 Å². The molecule has 0 rings (SSSR count). The second-order valence-electron chi connectivity index (χ2n) is 2.79. The number of carboxylic acids is 2. The van der Waals surface area contributed by atoms with Crippen molar-refractivity contribution in [2.45, 2.75) is 20.3 Å². The number of carbonyl (C=O) groups is 2. The summed E-state index contributed by atoms with van der Waals surface area (Å²) in [4.78, 5) is 20.9. The Bertz CT molecular complexity index is 219. The molecule has 0 fully saturated rings. The second-order valence-corrected chi connectivity index (χ2v) is 2.79. The first-order chi connectivity index (χ1) is 5.42. The summed E-state index contributed by atoms with van der Waals surface area (Å²) in [5.74, 6) is -2.24. The van der Waals surface area contributed by atoms with Gasteiger partial charge >= 0.3 is 11.9 Å². The maximum absolute atomic E-state index is 10.6. The molecule has 0 aliphatic rings. The third-order valence-corrected chi connectivity index (χ3v) is 1.54. The molecule has 4 nitrogen and oxygen atoms in total. The second kappa shape index (κ2) is 3.90. The van der Waals surface area contributed by atoms with Gasteiger partial charge in [0.2, 0.25) is 0 Å².